The van der Waals surface area contributed by atoms with E-state index in [0.29, 0.717) is 13.0 Å². The molecular weight excluding hydrogens is 304 g/mol. The van der Waals surface area contributed by atoms with Crippen molar-refractivity contribution in [2.45, 2.75) is 13.0 Å². The molecule has 3 rings (SSSR count). The van der Waals surface area contributed by atoms with Crippen molar-refractivity contribution in [2.75, 3.05) is 6.61 Å². The van der Waals surface area contributed by atoms with Gasteiger partial charge in [-0.05, 0) is 36.2 Å². The summed E-state index contributed by atoms with van der Waals surface area (Å²) in [6.45, 7) is 0.389. The Morgan fingerprint density at radius 2 is 2.00 bits per heavy atom. The molecule has 0 amide bonds. The van der Waals surface area contributed by atoms with Gasteiger partial charge in [-0.2, -0.15) is 9.37 Å². The van der Waals surface area contributed by atoms with Crippen LogP contribution in [0.4, 0.5) is 8.78 Å². The maximum atomic E-state index is 13.1. The fraction of sp³-hybridized carbons (Fsp3) is 0.188. The van der Waals surface area contributed by atoms with E-state index in [-0.39, 0.29) is 29.3 Å². The molecule has 0 aliphatic carbocycles. The minimum atomic E-state index is -0.700. The molecule has 0 radical (unpaired) electrons. The Bertz CT molecular complexity index is 896. The Kier molecular flexibility index (Phi) is 4.38. The molecule has 3 aromatic rings. The highest BCUT2D eigenvalue weighted by Crippen LogP contribution is 2.07. The Morgan fingerprint density at radius 1 is 1.13 bits per heavy atom. The zero-order valence-electron chi connectivity index (χ0n) is 12.1. The third-order valence-electron chi connectivity index (χ3n) is 3.25. The summed E-state index contributed by atoms with van der Waals surface area (Å²) in [5.41, 5.74) is 0.456. The van der Waals surface area contributed by atoms with Crippen molar-refractivity contribution in [1.29, 1.82) is 0 Å². The maximum absolute atomic E-state index is 13.1. The minimum Gasteiger partial charge on any atom is -0.373 e. The number of hydrogen-bond acceptors (Lipinski definition) is 4. The van der Waals surface area contributed by atoms with Crippen LogP contribution in [0, 0.1) is 11.8 Å². The molecule has 7 heteroatoms. The van der Waals surface area contributed by atoms with Crippen molar-refractivity contribution in [3.8, 4) is 0 Å². The molecule has 118 valence electrons. The number of nitrogens with one attached hydrogen (secondary N) is 1. The predicted molar refractivity (Wildman–Crippen MR) is 79.9 cm³/mol. The van der Waals surface area contributed by atoms with E-state index in [0.717, 1.165) is 11.6 Å². The van der Waals surface area contributed by atoms with Gasteiger partial charge in [0.15, 0.2) is 5.65 Å². The van der Waals surface area contributed by atoms with Crippen molar-refractivity contribution >= 4 is 11.0 Å². The van der Waals surface area contributed by atoms with E-state index in [1.165, 1.54) is 18.2 Å². The SMILES string of the molecule is O=c1[nH]c(COCCc2cccc(F)c2)nc2nc(F)ccc12. The van der Waals surface area contributed by atoms with Gasteiger partial charge >= 0.3 is 0 Å². The summed E-state index contributed by atoms with van der Waals surface area (Å²) >= 11 is 0. The van der Waals surface area contributed by atoms with E-state index in [1.54, 1.807) is 12.1 Å². The quantitative estimate of drug-likeness (QED) is 0.579. The highest BCUT2D eigenvalue weighted by atomic mass is 19.1. The number of halogens is 2. The third kappa shape index (κ3) is 3.75. The lowest BCUT2D eigenvalue weighted by molar-refractivity contribution is 0.118. The lowest BCUT2D eigenvalue weighted by atomic mass is 10.2. The first-order chi connectivity index (χ1) is 11.1. The lowest BCUT2D eigenvalue weighted by Crippen LogP contribution is -2.14. The Balaban J connectivity index is 1.64. The van der Waals surface area contributed by atoms with Crippen LogP contribution >= 0.6 is 0 Å². The van der Waals surface area contributed by atoms with Crippen LogP contribution in [-0.2, 0) is 17.8 Å². The van der Waals surface area contributed by atoms with Gasteiger partial charge in [0.05, 0.1) is 12.0 Å². The van der Waals surface area contributed by atoms with Gasteiger partial charge in [-0.3, -0.25) is 4.79 Å². The first kappa shape index (κ1) is 15.2. The minimum absolute atomic E-state index is 0.0393. The van der Waals surface area contributed by atoms with Gasteiger partial charge < -0.3 is 9.72 Å². The molecule has 0 spiro atoms. The topological polar surface area (TPSA) is 67.9 Å². The van der Waals surface area contributed by atoms with E-state index in [9.17, 15) is 13.6 Å². The van der Waals surface area contributed by atoms with Crippen LogP contribution in [0.5, 0.6) is 0 Å². The summed E-state index contributed by atoms with van der Waals surface area (Å²) in [4.78, 5) is 22.1. The van der Waals surface area contributed by atoms with Crippen LogP contribution in [0.3, 0.4) is 0 Å². The van der Waals surface area contributed by atoms with Crippen LogP contribution in [0.1, 0.15) is 11.4 Å². The molecule has 1 N–H and O–H groups in total. The number of ether oxygens (including phenoxy) is 1. The maximum Gasteiger partial charge on any atom is 0.260 e. The Hall–Kier alpha value is -2.67. The van der Waals surface area contributed by atoms with Crippen molar-refractivity contribution < 1.29 is 13.5 Å². The second kappa shape index (κ2) is 6.62. The van der Waals surface area contributed by atoms with Crippen molar-refractivity contribution in [1.82, 2.24) is 15.0 Å². The first-order valence-electron chi connectivity index (χ1n) is 6.99. The molecule has 0 bridgehead atoms. The molecule has 23 heavy (non-hydrogen) atoms. The van der Waals surface area contributed by atoms with Crippen LogP contribution in [0.25, 0.3) is 11.0 Å². The molecule has 1 aromatic carbocycles. The zero-order valence-corrected chi connectivity index (χ0v) is 12.1. The average Bonchev–Trinajstić information content (AvgIpc) is 2.51. The number of aromatic amines is 1. The summed E-state index contributed by atoms with van der Waals surface area (Å²) in [7, 11) is 0. The van der Waals surface area contributed by atoms with Gasteiger partial charge in [-0.1, -0.05) is 12.1 Å². The largest absolute Gasteiger partial charge is 0.373 e. The van der Waals surface area contributed by atoms with Crippen LogP contribution in [0.15, 0.2) is 41.2 Å². The van der Waals surface area contributed by atoms with Gasteiger partial charge in [0.25, 0.3) is 5.56 Å². The summed E-state index contributed by atoms with van der Waals surface area (Å²) in [6.07, 6.45) is 0.530. The number of H-pyrrole nitrogens is 1. The molecule has 0 aliphatic rings. The monoisotopic (exact) mass is 317 g/mol. The molecule has 0 saturated heterocycles. The number of hydrogen-bond donors (Lipinski definition) is 1. The molecule has 2 heterocycles. The Labute approximate surface area is 130 Å². The second-order valence-corrected chi connectivity index (χ2v) is 4.95. The first-order valence-corrected chi connectivity index (χ1v) is 6.99. The van der Waals surface area contributed by atoms with E-state index in [2.05, 4.69) is 15.0 Å². The molecule has 0 unspecified atom stereocenters. The van der Waals surface area contributed by atoms with Gasteiger partial charge in [-0.25, -0.2) is 9.37 Å². The summed E-state index contributed by atoms with van der Waals surface area (Å²) in [6, 6.07) is 8.68. The molecule has 2 aromatic heterocycles. The third-order valence-corrected chi connectivity index (χ3v) is 3.25. The number of fused-ring (bicyclic) bond motifs is 1. The van der Waals surface area contributed by atoms with Crippen LogP contribution in [0.2, 0.25) is 0 Å². The standard InChI is InChI=1S/C16H13F2N3O2/c17-11-3-1-2-10(8-11)6-7-23-9-14-20-15-12(16(22)21-14)4-5-13(18)19-15/h1-5,8H,6-7,9H2,(H,19,20,21,22). The Morgan fingerprint density at radius 3 is 2.83 bits per heavy atom. The average molecular weight is 317 g/mol. The van der Waals surface area contributed by atoms with Gasteiger partial charge in [-0.15, -0.1) is 0 Å². The summed E-state index contributed by atoms with van der Waals surface area (Å²) < 4.78 is 31.6. The van der Waals surface area contributed by atoms with Gasteiger partial charge in [0, 0.05) is 0 Å². The molecule has 5 nitrogen and oxygen atoms in total. The molecular formula is C16H13F2N3O2. The van der Waals surface area contributed by atoms with Crippen LogP contribution in [-0.4, -0.2) is 21.6 Å². The highest BCUT2D eigenvalue weighted by molar-refractivity contribution is 5.72. The van der Waals surface area contributed by atoms with E-state index in [4.69, 9.17) is 4.74 Å². The fourth-order valence-electron chi connectivity index (χ4n) is 2.16. The highest BCUT2D eigenvalue weighted by Gasteiger charge is 2.06. The molecule has 0 fully saturated rings. The smallest absolute Gasteiger partial charge is 0.260 e. The number of nitrogens with zero attached hydrogens (tertiary/aromatic N) is 2. The van der Waals surface area contributed by atoms with Crippen molar-refractivity contribution in [2.24, 2.45) is 0 Å². The molecule has 0 atom stereocenters. The zero-order chi connectivity index (χ0) is 16.2. The lowest BCUT2D eigenvalue weighted by Gasteiger charge is -2.05. The van der Waals surface area contributed by atoms with E-state index >= 15 is 0 Å². The summed E-state index contributed by atoms with van der Waals surface area (Å²) in [5.74, 6) is -0.732. The van der Waals surface area contributed by atoms with E-state index < -0.39 is 11.5 Å². The predicted octanol–water partition coefficient (Wildman–Crippen LogP) is 2.36. The van der Waals surface area contributed by atoms with Crippen LogP contribution < -0.4 is 5.56 Å². The van der Waals surface area contributed by atoms with Crippen molar-refractivity contribution in [3.05, 3.63) is 69.9 Å². The number of benzene rings is 1. The van der Waals surface area contributed by atoms with Gasteiger partial charge in [0.2, 0.25) is 5.95 Å². The normalized spacial score (nSPS) is 11.0. The van der Waals surface area contributed by atoms with Gasteiger partial charge in [0.1, 0.15) is 18.2 Å². The number of aromatic nitrogens is 3. The number of rotatable bonds is 5. The second-order valence-electron chi connectivity index (χ2n) is 4.95. The molecule has 0 aliphatic heterocycles. The van der Waals surface area contributed by atoms with Crippen molar-refractivity contribution in [3.63, 3.8) is 0 Å². The number of pyridine rings is 1. The fourth-order valence-corrected chi connectivity index (χ4v) is 2.16. The molecule has 0 saturated carbocycles. The van der Waals surface area contributed by atoms with E-state index in [1.807, 2.05) is 0 Å². The summed E-state index contributed by atoms with van der Waals surface area (Å²) in [5, 5.41) is 0.218.